The predicted molar refractivity (Wildman–Crippen MR) is 86.7 cm³/mol. The van der Waals surface area contributed by atoms with Gasteiger partial charge in [0.1, 0.15) is 5.82 Å². The predicted octanol–water partition coefficient (Wildman–Crippen LogP) is 4.55. The normalized spacial score (nSPS) is 14.7. The first-order valence-corrected chi connectivity index (χ1v) is 8.28. The van der Waals surface area contributed by atoms with Crippen molar-refractivity contribution in [3.05, 3.63) is 35.2 Å². The molecule has 1 aliphatic rings. The maximum absolute atomic E-state index is 14.6. The maximum atomic E-state index is 14.6. The Morgan fingerprint density at radius 2 is 2.24 bits per heavy atom. The van der Waals surface area contributed by atoms with Crippen LogP contribution in [-0.4, -0.2) is 29.3 Å². The Morgan fingerprint density at radius 1 is 1.48 bits per heavy atom. The molecule has 0 aromatic heterocycles. The van der Waals surface area contributed by atoms with Crippen LogP contribution >= 0.6 is 11.8 Å². The van der Waals surface area contributed by atoms with E-state index in [9.17, 15) is 14.3 Å². The van der Waals surface area contributed by atoms with Crippen molar-refractivity contribution in [2.75, 3.05) is 23.0 Å². The van der Waals surface area contributed by atoms with Gasteiger partial charge in [-0.05, 0) is 43.2 Å². The number of rotatable bonds is 4. The molecule has 1 aromatic rings. The SMILES string of the molecule is CCCN(C(=O)O)c1ccc(C2=CCSCC2)c(F)c1C. The van der Waals surface area contributed by atoms with Gasteiger partial charge in [-0.15, -0.1) is 0 Å². The van der Waals surface area contributed by atoms with Crippen LogP contribution in [0.25, 0.3) is 5.57 Å². The molecule has 0 spiro atoms. The standard InChI is InChI=1S/C16H20FNO2S/c1-3-8-18(16(19)20)14-5-4-13(15(17)11(14)2)12-6-9-21-10-7-12/h4-6H,3,7-10H2,1-2H3,(H,19,20). The molecule has 0 fully saturated rings. The third-order valence-electron chi connectivity index (χ3n) is 3.64. The van der Waals surface area contributed by atoms with E-state index in [1.807, 2.05) is 18.7 Å². The average Bonchev–Trinajstić information content (AvgIpc) is 2.49. The van der Waals surface area contributed by atoms with Gasteiger partial charge in [-0.25, -0.2) is 9.18 Å². The molecule has 1 amide bonds. The number of carboxylic acid groups (broad SMARTS) is 1. The van der Waals surface area contributed by atoms with Gasteiger partial charge in [-0.2, -0.15) is 11.8 Å². The number of hydrogen-bond donors (Lipinski definition) is 1. The molecule has 0 radical (unpaired) electrons. The molecule has 0 aliphatic carbocycles. The van der Waals surface area contributed by atoms with Gasteiger partial charge >= 0.3 is 6.09 Å². The Kier molecular flexibility index (Phi) is 5.28. The summed E-state index contributed by atoms with van der Waals surface area (Å²) in [5.41, 5.74) is 2.48. The zero-order chi connectivity index (χ0) is 15.4. The average molecular weight is 309 g/mol. The summed E-state index contributed by atoms with van der Waals surface area (Å²) in [6, 6.07) is 3.44. The zero-order valence-corrected chi connectivity index (χ0v) is 13.2. The molecule has 2 rings (SSSR count). The van der Waals surface area contributed by atoms with Crippen LogP contribution in [0.1, 0.15) is 30.9 Å². The highest BCUT2D eigenvalue weighted by atomic mass is 32.2. The van der Waals surface area contributed by atoms with Gasteiger partial charge < -0.3 is 5.11 Å². The molecule has 0 saturated heterocycles. The van der Waals surface area contributed by atoms with Crippen molar-refractivity contribution < 1.29 is 14.3 Å². The fourth-order valence-electron chi connectivity index (χ4n) is 2.53. The van der Waals surface area contributed by atoms with E-state index < -0.39 is 6.09 Å². The zero-order valence-electron chi connectivity index (χ0n) is 12.4. The van der Waals surface area contributed by atoms with Gasteiger partial charge in [0.15, 0.2) is 0 Å². The third-order valence-corrected chi connectivity index (χ3v) is 4.53. The number of hydrogen-bond acceptors (Lipinski definition) is 2. The molecule has 114 valence electrons. The molecule has 1 aromatic carbocycles. The first-order valence-electron chi connectivity index (χ1n) is 7.13. The van der Waals surface area contributed by atoms with Crippen molar-refractivity contribution in [2.45, 2.75) is 26.7 Å². The van der Waals surface area contributed by atoms with Gasteiger partial charge in [0, 0.05) is 23.4 Å². The second kappa shape index (κ2) is 6.98. The number of halogens is 1. The molecular formula is C16H20FNO2S. The monoisotopic (exact) mass is 309 g/mol. The minimum atomic E-state index is -1.04. The molecule has 0 saturated carbocycles. The number of nitrogens with zero attached hydrogens (tertiary/aromatic N) is 1. The van der Waals surface area contributed by atoms with Crippen LogP contribution in [0.2, 0.25) is 0 Å². The minimum absolute atomic E-state index is 0.298. The lowest BCUT2D eigenvalue weighted by Crippen LogP contribution is -2.30. The summed E-state index contributed by atoms with van der Waals surface area (Å²) in [7, 11) is 0. The van der Waals surface area contributed by atoms with E-state index in [2.05, 4.69) is 6.08 Å². The van der Waals surface area contributed by atoms with E-state index in [0.717, 1.165) is 23.5 Å². The molecule has 5 heteroatoms. The molecule has 3 nitrogen and oxygen atoms in total. The molecule has 1 heterocycles. The quantitative estimate of drug-likeness (QED) is 0.887. The largest absolute Gasteiger partial charge is 0.465 e. The van der Waals surface area contributed by atoms with Crippen molar-refractivity contribution in [1.82, 2.24) is 0 Å². The minimum Gasteiger partial charge on any atom is -0.465 e. The molecule has 0 atom stereocenters. The van der Waals surface area contributed by atoms with Gasteiger partial charge in [0.25, 0.3) is 0 Å². The van der Waals surface area contributed by atoms with Gasteiger partial charge in [0.05, 0.1) is 5.69 Å². The first-order chi connectivity index (χ1) is 10.1. The molecule has 0 bridgehead atoms. The lowest BCUT2D eigenvalue weighted by Gasteiger charge is -2.22. The molecular weight excluding hydrogens is 289 g/mol. The third kappa shape index (κ3) is 3.40. The maximum Gasteiger partial charge on any atom is 0.411 e. The molecule has 1 N–H and O–H groups in total. The van der Waals surface area contributed by atoms with E-state index in [1.165, 1.54) is 4.90 Å². The number of allylic oxidation sites excluding steroid dienone is 1. The van der Waals surface area contributed by atoms with E-state index in [-0.39, 0.29) is 5.82 Å². The van der Waals surface area contributed by atoms with Crippen LogP contribution in [-0.2, 0) is 0 Å². The second-order valence-corrected chi connectivity index (χ2v) is 6.21. The summed E-state index contributed by atoms with van der Waals surface area (Å²) in [6.45, 7) is 3.92. The van der Waals surface area contributed by atoms with Crippen LogP contribution in [0.4, 0.5) is 14.9 Å². The van der Waals surface area contributed by atoms with E-state index in [4.69, 9.17) is 0 Å². The van der Waals surface area contributed by atoms with Crippen molar-refractivity contribution >= 4 is 29.1 Å². The van der Waals surface area contributed by atoms with E-state index in [1.54, 1.807) is 19.1 Å². The number of benzene rings is 1. The summed E-state index contributed by atoms with van der Waals surface area (Å²) < 4.78 is 14.6. The summed E-state index contributed by atoms with van der Waals surface area (Å²) in [5.74, 6) is 1.61. The molecule has 1 aliphatic heterocycles. The Morgan fingerprint density at radius 3 is 2.81 bits per heavy atom. The van der Waals surface area contributed by atoms with Gasteiger partial charge in [0.2, 0.25) is 0 Å². The Labute approximate surface area is 128 Å². The highest BCUT2D eigenvalue weighted by Crippen LogP contribution is 2.32. The Bertz CT molecular complexity index is 572. The van der Waals surface area contributed by atoms with Crippen LogP contribution in [0.5, 0.6) is 0 Å². The van der Waals surface area contributed by atoms with Crippen LogP contribution in [0.15, 0.2) is 18.2 Å². The number of carbonyl (C=O) groups is 1. The fraction of sp³-hybridized carbons (Fsp3) is 0.438. The summed E-state index contributed by atoms with van der Waals surface area (Å²) in [4.78, 5) is 12.5. The van der Waals surface area contributed by atoms with Crippen molar-refractivity contribution in [3.8, 4) is 0 Å². The topological polar surface area (TPSA) is 40.5 Å². The van der Waals surface area contributed by atoms with Crippen LogP contribution in [0, 0.1) is 12.7 Å². The van der Waals surface area contributed by atoms with E-state index in [0.29, 0.717) is 29.8 Å². The number of thioether (sulfide) groups is 1. The van der Waals surface area contributed by atoms with Crippen LogP contribution in [0.3, 0.4) is 0 Å². The fourth-order valence-corrected chi connectivity index (χ4v) is 3.38. The van der Waals surface area contributed by atoms with Gasteiger partial charge in [-0.3, -0.25) is 4.90 Å². The second-order valence-electron chi connectivity index (χ2n) is 5.06. The van der Waals surface area contributed by atoms with Crippen LogP contribution < -0.4 is 4.90 Å². The summed E-state index contributed by atoms with van der Waals surface area (Å²) in [6.07, 6.45) is 2.57. The first kappa shape index (κ1) is 15.9. The lowest BCUT2D eigenvalue weighted by molar-refractivity contribution is 0.201. The number of amides is 1. The Balaban J connectivity index is 2.41. The van der Waals surface area contributed by atoms with Crippen molar-refractivity contribution in [3.63, 3.8) is 0 Å². The molecule has 21 heavy (non-hydrogen) atoms. The smallest absolute Gasteiger partial charge is 0.411 e. The van der Waals surface area contributed by atoms with Crippen molar-refractivity contribution in [1.29, 1.82) is 0 Å². The lowest BCUT2D eigenvalue weighted by atomic mass is 9.98. The Hall–Kier alpha value is -1.49. The van der Waals surface area contributed by atoms with Gasteiger partial charge in [-0.1, -0.05) is 13.0 Å². The summed E-state index contributed by atoms with van der Waals surface area (Å²) in [5, 5.41) is 9.28. The number of anilines is 1. The molecule has 0 unspecified atom stereocenters. The van der Waals surface area contributed by atoms with Crippen molar-refractivity contribution in [2.24, 2.45) is 0 Å². The van der Waals surface area contributed by atoms with E-state index >= 15 is 0 Å². The summed E-state index contributed by atoms with van der Waals surface area (Å²) >= 11 is 1.84. The highest BCUT2D eigenvalue weighted by Gasteiger charge is 2.20. The highest BCUT2D eigenvalue weighted by molar-refractivity contribution is 7.99.